The first kappa shape index (κ1) is 27.2. The molecule has 0 saturated carbocycles. The summed E-state index contributed by atoms with van der Waals surface area (Å²) in [5, 5.41) is 0. The van der Waals surface area contributed by atoms with Gasteiger partial charge in [0.25, 0.3) is 0 Å². The molecule has 0 saturated heterocycles. The summed E-state index contributed by atoms with van der Waals surface area (Å²) in [7, 11) is 0. The molecule has 3 rings (SSSR count). The summed E-state index contributed by atoms with van der Waals surface area (Å²) < 4.78 is 2.40. The molecule has 0 bridgehead atoms. The maximum Gasteiger partial charge on any atom is 0.109 e. The van der Waals surface area contributed by atoms with Gasteiger partial charge in [0.05, 0.1) is 0 Å². The Morgan fingerprint density at radius 1 is 0.629 bits per heavy atom. The number of rotatable bonds is 19. The Kier molecular flexibility index (Phi) is 13.3. The van der Waals surface area contributed by atoms with Crippen LogP contribution in [0.5, 0.6) is 0 Å². The third kappa shape index (κ3) is 10.8. The molecule has 0 amide bonds. The fraction of sp³-hybridized carbons (Fsp3) is 0.545. The molecule has 0 aliphatic rings. The molecule has 190 valence electrons. The number of imidazole rings is 1. The number of nitrogens with zero attached hydrogens (tertiary/aromatic N) is 2. The van der Waals surface area contributed by atoms with Gasteiger partial charge in [-0.2, -0.15) is 0 Å². The summed E-state index contributed by atoms with van der Waals surface area (Å²) >= 11 is 0. The highest BCUT2D eigenvalue weighted by Crippen LogP contribution is 2.25. The first-order chi connectivity index (χ1) is 17.4. The van der Waals surface area contributed by atoms with Gasteiger partial charge in [-0.05, 0) is 29.9 Å². The number of unbranched alkanes of at least 4 members (excludes halogenated alkanes) is 12. The Labute approximate surface area is 215 Å². The van der Waals surface area contributed by atoms with E-state index < -0.39 is 0 Å². The third-order valence-electron chi connectivity index (χ3n) is 7.33. The molecule has 2 aromatic carbocycles. The van der Waals surface area contributed by atoms with Crippen LogP contribution in [0.15, 0.2) is 73.1 Å². The summed E-state index contributed by atoms with van der Waals surface area (Å²) in [6, 6.07) is 21.9. The quantitative estimate of drug-likeness (QED) is 0.159. The van der Waals surface area contributed by atoms with Gasteiger partial charge in [-0.3, -0.25) is 0 Å². The molecule has 2 heteroatoms. The predicted octanol–water partition coefficient (Wildman–Crippen LogP) is 9.54. The van der Waals surface area contributed by atoms with E-state index in [1.165, 1.54) is 100 Å². The molecular weight excluding hydrogens is 424 g/mol. The van der Waals surface area contributed by atoms with Crippen LogP contribution in [0, 0.1) is 0 Å². The Balaban J connectivity index is 1.36. The molecule has 35 heavy (non-hydrogen) atoms. The zero-order chi connectivity index (χ0) is 24.4. The van der Waals surface area contributed by atoms with Crippen LogP contribution in [0.25, 0.3) is 0 Å². The molecule has 0 fully saturated rings. The highest BCUT2D eigenvalue weighted by atomic mass is 15.1. The van der Waals surface area contributed by atoms with E-state index in [0.29, 0.717) is 5.92 Å². The standard InChI is InChI=1S/C33H48N2/c1-2-3-4-5-6-7-8-9-10-11-12-13-20-26-35-27-25-34-33(35)29-32(31-23-18-15-19-24-31)28-30-21-16-14-17-22-30/h14-19,21-25,27,32H,2-13,20,26,28-29H2,1H3. The van der Waals surface area contributed by atoms with Gasteiger partial charge < -0.3 is 4.57 Å². The molecule has 2 nitrogen and oxygen atoms in total. The predicted molar refractivity (Wildman–Crippen MR) is 151 cm³/mol. The van der Waals surface area contributed by atoms with Crippen molar-refractivity contribution in [1.82, 2.24) is 9.55 Å². The van der Waals surface area contributed by atoms with Gasteiger partial charge in [0.1, 0.15) is 5.82 Å². The SMILES string of the molecule is CCCCCCCCCCCCCCCn1ccnc1CC(Cc1ccccc1)c1ccccc1. The minimum absolute atomic E-state index is 0.450. The molecule has 0 aliphatic carbocycles. The molecule has 1 aromatic heterocycles. The van der Waals surface area contributed by atoms with Gasteiger partial charge >= 0.3 is 0 Å². The maximum absolute atomic E-state index is 4.77. The fourth-order valence-corrected chi connectivity index (χ4v) is 5.19. The van der Waals surface area contributed by atoms with Crippen LogP contribution < -0.4 is 0 Å². The second-order valence-electron chi connectivity index (χ2n) is 10.3. The minimum Gasteiger partial charge on any atom is -0.335 e. The van der Waals surface area contributed by atoms with Gasteiger partial charge in [-0.15, -0.1) is 0 Å². The molecule has 1 atom stereocenters. The zero-order valence-electron chi connectivity index (χ0n) is 22.2. The normalized spacial score (nSPS) is 12.1. The van der Waals surface area contributed by atoms with Crippen LogP contribution >= 0.6 is 0 Å². The molecular formula is C33H48N2. The van der Waals surface area contributed by atoms with E-state index in [-0.39, 0.29) is 0 Å². The van der Waals surface area contributed by atoms with Crippen LogP contribution in [0.3, 0.4) is 0 Å². The molecule has 0 N–H and O–H groups in total. The lowest BCUT2D eigenvalue weighted by atomic mass is 9.89. The number of aryl methyl sites for hydroxylation is 1. The van der Waals surface area contributed by atoms with Crippen LogP contribution in [0.4, 0.5) is 0 Å². The van der Waals surface area contributed by atoms with Crippen molar-refractivity contribution in [3.8, 4) is 0 Å². The average Bonchev–Trinajstić information content (AvgIpc) is 3.34. The van der Waals surface area contributed by atoms with Crippen LogP contribution in [0.1, 0.15) is 113 Å². The van der Waals surface area contributed by atoms with Crippen molar-refractivity contribution < 1.29 is 0 Å². The van der Waals surface area contributed by atoms with Gasteiger partial charge in [0.15, 0.2) is 0 Å². The highest BCUT2D eigenvalue weighted by molar-refractivity contribution is 5.25. The van der Waals surface area contributed by atoms with Gasteiger partial charge in [0, 0.05) is 25.4 Å². The molecule has 1 unspecified atom stereocenters. The molecule has 0 spiro atoms. The molecule has 1 heterocycles. The Morgan fingerprint density at radius 3 is 1.77 bits per heavy atom. The summed E-state index contributed by atoms with van der Waals surface area (Å²) in [5.41, 5.74) is 2.81. The first-order valence-corrected chi connectivity index (χ1v) is 14.5. The van der Waals surface area contributed by atoms with E-state index >= 15 is 0 Å². The Bertz CT molecular complexity index is 884. The van der Waals surface area contributed by atoms with Crippen molar-refractivity contribution in [3.05, 3.63) is 90.0 Å². The molecule has 0 aliphatic heterocycles. The number of aromatic nitrogens is 2. The lowest BCUT2D eigenvalue weighted by Gasteiger charge is -2.18. The van der Waals surface area contributed by atoms with Crippen molar-refractivity contribution in [3.63, 3.8) is 0 Å². The van der Waals surface area contributed by atoms with E-state index in [9.17, 15) is 0 Å². The van der Waals surface area contributed by atoms with Gasteiger partial charge in [-0.25, -0.2) is 4.98 Å². The second-order valence-corrected chi connectivity index (χ2v) is 10.3. The lowest BCUT2D eigenvalue weighted by Crippen LogP contribution is -2.12. The summed E-state index contributed by atoms with van der Waals surface area (Å²) in [5.74, 6) is 1.68. The lowest BCUT2D eigenvalue weighted by molar-refractivity contribution is 0.516. The number of hydrogen-bond acceptors (Lipinski definition) is 1. The Hall–Kier alpha value is -2.35. The maximum atomic E-state index is 4.77. The fourth-order valence-electron chi connectivity index (χ4n) is 5.19. The number of hydrogen-bond donors (Lipinski definition) is 0. The van der Waals surface area contributed by atoms with Gasteiger partial charge in [0.2, 0.25) is 0 Å². The monoisotopic (exact) mass is 472 g/mol. The van der Waals surface area contributed by atoms with Crippen molar-refractivity contribution in [2.75, 3.05) is 0 Å². The summed E-state index contributed by atoms with van der Waals surface area (Å²) in [6.45, 7) is 3.39. The topological polar surface area (TPSA) is 17.8 Å². The second kappa shape index (κ2) is 17.1. The summed E-state index contributed by atoms with van der Waals surface area (Å²) in [4.78, 5) is 4.77. The van der Waals surface area contributed by atoms with Crippen molar-refractivity contribution in [2.45, 2.75) is 116 Å². The van der Waals surface area contributed by atoms with Crippen LogP contribution in [-0.4, -0.2) is 9.55 Å². The van der Waals surface area contributed by atoms with E-state index in [2.05, 4.69) is 78.4 Å². The van der Waals surface area contributed by atoms with Crippen molar-refractivity contribution in [2.24, 2.45) is 0 Å². The third-order valence-corrected chi connectivity index (χ3v) is 7.33. The molecule has 0 radical (unpaired) electrons. The van der Waals surface area contributed by atoms with E-state index in [1.54, 1.807) is 0 Å². The van der Waals surface area contributed by atoms with Crippen molar-refractivity contribution >= 4 is 0 Å². The smallest absolute Gasteiger partial charge is 0.109 e. The van der Waals surface area contributed by atoms with Crippen LogP contribution in [-0.2, 0) is 19.4 Å². The van der Waals surface area contributed by atoms with E-state index in [1.807, 2.05) is 6.20 Å². The zero-order valence-corrected chi connectivity index (χ0v) is 22.2. The average molecular weight is 473 g/mol. The molecule has 3 aromatic rings. The number of benzene rings is 2. The Morgan fingerprint density at radius 2 is 1.17 bits per heavy atom. The largest absolute Gasteiger partial charge is 0.335 e. The highest BCUT2D eigenvalue weighted by Gasteiger charge is 2.16. The van der Waals surface area contributed by atoms with Gasteiger partial charge in [-0.1, -0.05) is 145 Å². The van der Waals surface area contributed by atoms with Crippen molar-refractivity contribution in [1.29, 1.82) is 0 Å². The van der Waals surface area contributed by atoms with E-state index in [4.69, 9.17) is 4.98 Å². The summed E-state index contributed by atoms with van der Waals surface area (Å²) in [6.07, 6.45) is 24.4. The first-order valence-electron chi connectivity index (χ1n) is 14.5. The minimum atomic E-state index is 0.450. The van der Waals surface area contributed by atoms with E-state index in [0.717, 1.165) is 19.4 Å². The van der Waals surface area contributed by atoms with Crippen LogP contribution in [0.2, 0.25) is 0 Å².